The van der Waals surface area contributed by atoms with Gasteiger partial charge in [0.25, 0.3) is 11.5 Å². The lowest BCUT2D eigenvalue weighted by atomic mass is 10.2. The Morgan fingerprint density at radius 3 is 2.55 bits per heavy atom. The highest BCUT2D eigenvalue weighted by atomic mass is 35.5. The van der Waals surface area contributed by atoms with Crippen molar-refractivity contribution >= 4 is 34.1 Å². The number of nitrogens with zero attached hydrogens (tertiary/aromatic N) is 2. The Labute approximate surface area is 170 Å². The molecule has 0 aliphatic heterocycles. The van der Waals surface area contributed by atoms with Crippen molar-refractivity contribution in [2.75, 3.05) is 5.32 Å². The van der Waals surface area contributed by atoms with Crippen LogP contribution in [-0.4, -0.2) is 15.5 Å². The number of anilines is 1. The highest BCUT2D eigenvalue weighted by molar-refractivity contribution is 6.31. The van der Waals surface area contributed by atoms with Crippen LogP contribution in [0.25, 0.3) is 16.6 Å². The largest absolute Gasteiger partial charge is 0.322 e. The van der Waals surface area contributed by atoms with Gasteiger partial charge < -0.3 is 5.32 Å². The molecule has 4 aromatic rings. The smallest absolute Gasteiger partial charge is 0.265 e. The summed E-state index contributed by atoms with van der Waals surface area (Å²) >= 11 is 5.84. The standard InChI is InChI=1S/C22H15ClFN3O2/c1-13-25-20-5-3-2-4-17(20)22(29)27(13)16-9-7-15(8-10-16)26-21(28)18-12-14(23)6-11-19(18)24/h2-12H,1H3,(H,26,28). The van der Waals surface area contributed by atoms with E-state index in [9.17, 15) is 14.0 Å². The van der Waals surface area contributed by atoms with Crippen LogP contribution in [0, 0.1) is 12.7 Å². The van der Waals surface area contributed by atoms with Crippen LogP contribution in [0.5, 0.6) is 0 Å². The van der Waals surface area contributed by atoms with Crippen LogP contribution >= 0.6 is 11.6 Å². The summed E-state index contributed by atoms with van der Waals surface area (Å²) in [7, 11) is 0. The molecule has 0 aliphatic carbocycles. The van der Waals surface area contributed by atoms with E-state index in [0.29, 0.717) is 28.1 Å². The molecule has 29 heavy (non-hydrogen) atoms. The topological polar surface area (TPSA) is 64.0 Å². The van der Waals surface area contributed by atoms with Crippen LogP contribution < -0.4 is 10.9 Å². The van der Waals surface area contributed by atoms with Gasteiger partial charge in [0.05, 0.1) is 22.2 Å². The summed E-state index contributed by atoms with van der Waals surface area (Å²) in [5.41, 5.74) is 1.38. The summed E-state index contributed by atoms with van der Waals surface area (Å²) in [4.78, 5) is 29.7. The number of para-hydroxylation sites is 1. The maximum atomic E-state index is 13.9. The number of hydrogen-bond donors (Lipinski definition) is 1. The molecule has 0 saturated carbocycles. The summed E-state index contributed by atoms with van der Waals surface area (Å²) in [5.74, 6) is -0.724. The van der Waals surface area contributed by atoms with Crippen LogP contribution in [0.3, 0.4) is 0 Å². The second-order valence-corrected chi connectivity index (χ2v) is 6.88. The van der Waals surface area contributed by atoms with Crippen LogP contribution in [0.15, 0.2) is 71.5 Å². The van der Waals surface area contributed by atoms with Crippen molar-refractivity contribution in [3.63, 3.8) is 0 Å². The SMILES string of the molecule is Cc1nc2ccccc2c(=O)n1-c1ccc(NC(=O)c2cc(Cl)ccc2F)cc1. The molecule has 0 fully saturated rings. The number of rotatable bonds is 3. The summed E-state index contributed by atoms with van der Waals surface area (Å²) in [6.07, 6.45) is 0. The zero-order chi connectivity index (χ0) is 20.5. The maximum Gasteiger partial charge on any atom is 0.265 e. The predicted octanol–water partition coefficient (Wildman–Crippen LogP) is 4.74. The van der Waals surface area contributed by atoms with Gasteiger partial charge in [-0.2, -0.15) is 0 Å². The summed E-state index contributed by atoms with van der Waals surface area (Å²) < 4.78 is 15.4. The van der Waals surface area contributed by atoms with Gasteiger partial charge in [0.1, 0.15) is 11.6 Å². The van der Waals surface area contributed by atoms with Gasteiger partial charge in [-0.25, -0.2) is 9.37 Å². The Morgan fingerprint density at radius 2 is 1.79 bits per heavy atom. The van der Waals surface area contributed by atoms with E-state index in [-0.39, 0.29) is 16.1 Å². The van der Waals surface area contributed by atoms with Gasteiger partial charge in [0.2, 0.25) is 0 Å². The van der Waals surface area contributed by atoms with Crippen LogP contribution in [0.1, 0.15) is 16.2 Å². The van der Waals surface area contributed by atoms with E-state index in [1.54, 1.807) is 49.4 Å². The molecule has 1 heterocycles. The molecule has 0 spiro atoms. The van der Waals surface area contributed by atoms with Gasteiger partial charge in [-0.3, -0.25) is 14.2 Å². The minimum Gasteiger partial charge on any atom is -0.322 e. The van der Waals surface area contributed by atoms with Gasteiger partial charge in [-0.05, 0) is 61.5 Å². The molecule has 0 bridgehead atoms. The second-order valence-electron chi connectivity index (χ2n) is 6.44. The van der Waals surface area contributed by atoms with Gasteiger partial charge in [-0.15, -0.1) is 0 Å². The van der Waals surface area contributed by atoms with E-state index in [0.717, 1.165) is 6.07 Å². The van der Waals surface area contributed by atoms with Crippen molar-refractivity contribution < 1.29 is 9.18 Å². The number of nitrogens with one attached hydrogen (secondary N) is 1. The molecule has 0 unspecified atom stereocenters. The quantitative estimate of drug-likeness (QED) is 0.533. The molecule has 4 rings (SSSR count). The molecule has 144 valence electrons. The molecule has 3 aromatic carbocycles. The van der Waals surface area contributed by atoms with Crippen LogP contribution in [0.4, 0.5) is 10.1 Å². The van der Waals surface area contributed by atoms with E-state index in [1.807, 2.05) is 6.07 Å². The second kappa shape index (κ2) is 7.48. The normalized spacial score (nSPS) is 10.9. The number of aromatic nitrogens is 2. The number of aryl methyl sites for hydroxylation is 1. The number of hydrogen-bond acceptors (Lipinski definition) is 3. The zero-order valence-corrected chi connectivity index (χ0v) is 16.1. The number of carbonyl (C=O) groups excluding carboxylic acids is 1. The highest BCUT2D eigenvalue weighted by Gasteiger charge is 2.13. The minimum absolute atomic E-state index is 0.146. The molecule has 0 atom stereocenters. The number of halogens is 2. The van der Waals surface area contributed by atoms with Gasteiger partial charge in [0.15, 0.2) is 0 Å². The Balaban J connectivity index is 1.65. The fourth-order valence-electron chi connectivity index (χ4n) is 3.11. The maximum absolute atomic E-state index is 13.9. The lowest BCUT2D eigenvalue weighted by Crippen LogP contribution is -2.22. The number of fused-ring (bicyclic) bond motifs is 1. The van der Waals surface area contributed by atoms with Gasteiger partial charge in [0, 0.05) is 10.7 Å². The van der Waals surface area contributed by atoms with Gasteiger partial charge in [-0.1, -0.05) is 23.7 Å². The molecular weight excluding hydrogens is 393 g/mol. The molecule has 0 aliphatic rings. The van der Waals surface area contributed by atoms with E-state index in [4.69, 9.17) is 11.6 Å². The molecular formula is C22H15ClFN3O2. The fraction of sp³-hybridized carbons (Fsp3) is 0.0455. The Bertz CT molecular complexity index is 1300. The monoisotopic (exact) mass is 407 g/mol. The van der Waals surface area contributed by atoms with E-state index in [2.05, 4.69) is 10.3 Å². The van der Waals surface area contributed by atoms with Crippen molar-refractivity contribution in [3.8, 4) is 5.69 Å². The van der Waals surface area contributed by atoms with E-state index in [1.165, 1.54) is 16.7 Å². The molecule has 1 aromatic heterocycles. The van der Waals surface area contributed by atoms with Crippen molar-refractivity contribution in [3.05, 3.63) is 99.3 Å². The number of carbonyl (C=O) groups is 1. The molecule has 0 saturated heterocycles. The minimum atomic E-state index is -0.659. The first-order valence-electron chi connectivity index (χ1n) is 8.79. The summed E-state index contributed by atoms with van der Waals surface area (Å²) in [6, 6.07) is 17.6. The van der Waals surface area contributed by atoms with Crippen molar-refractivity contribution in [1.82, 2.24) is 9.55 Å². The van der Waals surface area contributed by atoms with Gasteiger partial charge >= 0.3 is 0 Å². The lowest BCUT2D eigenvalue weighted by Gasteiger charge is -2.12. The molecule has 1 amide bonds. The first-order valence-corrected chi connectivity index (χ1v) is 9.17. The Hall–Kier alpha value is -3.51. The van der Waals surface area contributed by atoms with Crippen molar-refractivity contribution in [2.45, 2.75) is 6.92 Å². The lowest BCUT2D eigenvalue weighted by molar-refractivity contribution is 0.102. The average molecular weight is 408 g/mol. The number of amides is 1. The Morgan fingerprint density at radius 1 is 1.07 bits per heavy atom. The number of benzene rings is 3. The predicted molar refractivity (Wildman–Crippen MR) is 111 cm³/mol. The van der Waals surface area contributed by atoms with Crippen molar-refractivity contribution in [1.29, 1.82) is 0 Å². The first kappa shape index (κ1) is 18.8. The average Bonchev–Trinajstić information content (AvgIpc) is 2.71. The van der Waals surface area contributed by atoms with E-state index < -0.39 is 11.7 Å². The molecule has 0 radical (unpaired) electrons. The third-order valence-corrected chi connectivity index (χ3v) is 4.73. The van der Waals surface area contributed by atoms with E-state index >= 15 is 0 Å². The summed E-state index contributed by atoms with van der Waals surface area (Å²) in [6.45, 7) is 1.76. The summed E-state index contributed by atoms with van der Waals surface area (Å²) in [5, 5.41) is 3.41. The Kier molecular flexibility index (Phi) is 4.86. The highest BCUT2D eigenvalue weighted by Crippen LogP contribution is 2.19. The first-order chi connectivity index (χ1) is 13.9. The third kappa shape index (κ3) is 3.62. The fourth-order valence-corrected chi connectivity index (χ4v) is 3.28. The van der Waals surface area contributed by atoms with Crippen LogP contribution in [-0.2, 0) is 0 Å². The van der Waals surface area contributed by atoms with Crippen molar-refractivity contribution in [2.24, 2.45) is 0 Å². The molecule has 5 nitrogen and oxygen atoms in total. The van der Waals surface area contributed by atoms with Crippen LogP contribution in [0.2, 0.25) is 5.02 Å². The zero-order valence-electron chi connectivity index (χ0n) is 15.3. The molecule has 1 N–H and O–H groups in total. The molecule has 7 heteroatoms. The third-order valence-electron chi connectivity index (χ3n) is 4.50.